The van der Waals surface area contributed by atoms with Gasteiger partial charge in [0.25, 0.3) is 5.91 Å². The Bertz CT molecular complexity index is 838. The average Bonchev–Trinajstić information content (AvgIpc) is 2.79. The third-order valence-corrected chi connectivity index (χ3v) is 5.15. The number of carbonyl (C=O) groups is 1. The molecule has 4 rings (SSSR count). The number of para-hydroxylation sites is 1. The summed E-state index contributed by atoms with van der Waals surface area (Å²) in [6.45, 7) is 5.38. The van der Waals surface area contributed by atoms with Gasteiger partial charge in [-0.3, -0.25) is 4.79 Å². The molecule has 0 bridgehead atoms. The van der Waals surface area contributed by atoms with Gasteiger partial charge in [0.05, 0.1) is 25.1 Å². The first kappa shape index (κ1) is 19.4. The molecule has 1 aromatic heterocycles. The highest BCUT2D eigenvalue weighted by molar-refractivity contribution is 5.78. The van der Waals surface area contributed by atoms with Gasteiger partial charge in [-0.2, -0.15) is 5.10 Å². The van der Waals surface area contributed by atoms with Crippen molar-refractivity contribution >= 4 is 17.4 Å². The Labute approximate surface area is 168 Å². The first-order chi connectivity index (χ1) is 14.2. The zero-order valence-electron chi connectivity index (χ0n) is 16.2. The lowest BCUT2D eigenvalue weighted by molar-refractivity contribution is -0.133. The van der Waals surface area contributed by atoms with Crippen LogP contribution in [0.4, 0.5) is 15.9 Å². The quantitative estimate of drug-likeness (QED) is 0.745. The predicted molar refractivity (Wildman–Crippen MR) is 106 cm³/mol. The fraction of sp³-hybridized carbons (Fsp3) is 0.450. The maximum Gasteiger partial charge on any atom is 0.260 e. The summed E-state index contributed by atoms with van der Waals surface area (Å²) in [5, 5.41) is 8.39. The predicted octanol–water partition coefficient (Wildman–Crippen LogP) is 1.18. The number of ether oxygens (including phenoxy) is 2. The van der Waals surface area contributed by atoms with E-state index in [1.54, 1.807) is 23.2 Å². The van der Waals surface area contributed by atoms with Crippen LogP contribution in [0.25, 0.3) is 0 Å². The number of nitrogens with zero attached hydrogens (tertiary/aromatic N) is 5. The molecule has 8 nitrogen and oxygen atoms in total. The summed E-state index contributed by atoms with van der Waals surface area (Å²) in [7, 11) is 0. The molecule has 1 aromatic carbocycles. The molecule has 1 amide bonds. The van der Waals surface area contributed by atoms with Gasteiger partial charge in [-0.1, -0.05) is 12.1 Å². The van der Waals surface area contributed by atoms with Gasteiger partial charge in [-0.25, -0.2) is 4.39 Å². The molecule has 0 spiro atoms. The first-order valence-corrected chi connectivity index (χ1v) is 9.76. The second kappa shape index (κ2) is 9.04. The van der Waals surface area contributed by atoms with E-state index in [9.17, 15) is 9.18 Å². The summed E-state index contributed by atoms with van der Waals surface area (Å²) in [6, 6.07) is 8.13. The minimum absolute atomic E-state index is 0.0954. The number of aromatic nitrogens is 2. The van der Waals surface area contributed by atoms with Gasteiger partial charge < -0.3 is 24.2 Å². The van der Waals surface area contributed by atoms with Gasteiger partial charge in [0.15, 0.2) is 24.0 Å². The van der Waals surface area contributed by atoms with E-state index >= 15 is 0 Å². The van der Waals surface area contributed by atoms with Crippen LogP contribution in [0, 0.1) is 5.82 Å². The molecule has 2 fully saturated rings. The summed E-state index contributed by atoms with van der Waals surface area (Å²) in [4.78, 5) is 18.5. The molecule has 2 aliphatic rings. The molecule has 0 N–H and O–H groups in total. The van der Waals surface area contributed by atoms with Crippen LogP contribution in [0.5, 0.6) is 5.75 Å². The lowest BCUT2D eigenvalue weighted by Crippen LogP contribution is -2.50. The van der Waals surface area contributed by atoms with Gasteiger partial charge in [0, 0.05) is 45.3 Å². The number of hydrogen-bond donors (Lipinski definition) is 0. The van der Waals surface area contributed by atoms with Crippen molar-refractivity contribution in [2.45, 2.75) is 0 Å². The summed E-state index contributed by atoms with van der Waals surface area (Å²) in [6.07, 6.45) is 1.75. The third-order valence-electron chi connectivity index (χ3n) is 5.15. The zero-order valence-corrected chi connectivity index (χ0v) is 16.2. The van der Waals surface area contributed by atoms with Gasteiger partial charge in [-0.05, 0) is 12.1 Å². The van der Waals surface area contributed by atoms with E-state index in [1.807, 2.05) is 6.07 Å². The fourth-order valence-corrected chi connectivity index (χ4v) is 3.47. The highest BCUT2D eigenvalue weighted by atomic mass is 19.1. The standard InChI is InChI=1S/C20H24FN5O3/c21-17-3-1-2-4-18(17)29-15-20(27)26-7-5-24(6-8-26)16-13-19(23-22-14-16)25-9-11-28-12-10-25/h1-4,13-14H,5-12,15H2. The van der Waals surface area contributed by atoms with Crippen LogP contribution >= 0.6 is 0 Å². The second-order valence-corrected chi connectivity index (χ2v) is 6.96. The summed E-state index contributed by atoms with van der Waals surface area (Å²) in [5.41, 5.74) is 0.996. The molecule has 2 saturated heterocycles. The number of piperazine rings is 1. The Morgan fingerprint density at radius 3 is 2.59 bits per heavy atom. The minimum Gasteiger partial charge on any atom is -0.481 e. The van der Waals surface area contributed by atoms with Crippen molar-refractivity contribution in [1.29, 1.82) is 0 Å². The van der Waals surface area contributed by atoms with E-state index in [0.29, 0.717) is 39.4 Å². The maximum atomic E-state index is 13.6. The largest absolute Gasteiger partial charge is 0.481 e. The number of carbonyl (C=O) groups excluding carboxylic acids is 1. The molecule has 0 saturated carbocycles. The van der Waals surface area contributed by atoms with Crippen LogP contribution in [-0.2, 0) is 9.53 Å². The van der Waals surface area contributed by atoms with Crippen LogP contribution in [0.15, 0.2) is 36.5 Å². The Kier molecular flexibility index (Phi) is 6.04. The summed E-state index contributed by atoms with van der Waals surface area (Å²) in [5.74, 6) is 0.335. The third kappa shape index (κ3) is 4.73. The van der Waals surface area contributed by atoms with Gasteiger partial charge in [0.1, 0.15) is 0 Å². The van der Waals surface area contributed by atoms with Crippen LogP contribution in [-0.4, -0.2) is 80.1 Å². The minimum atomic E-state index is -0.466. The zero-order chi connectivity index (χ0) is 20.1. The molecule has 154 valence electrons. The molecule has 0 atom stereocenters. The molecule has 2 aromatic rings. The SMILES string of the molecule is O=C(COc1ccccc1F)N1CCN(c2cnnc(N3CCOCC3)c2)CC1. The number of halogens is 1. The van der Waals surface area contributed by atoms with Crippen molar-refractivity contribution < 1.29 is 18.7 Å². The van der Waals surface area contributed by atoms with Crippen molar-refractivity contribution in [2.24, 2.45) is 0 Å². The monoisotopic (exact) mass is 401 g/mol. The Balaban J connectivity index is 1.30. The Morgan fingerprint density at radius 1 is 1.07 bits per heavy atom. The number of morpholine rings is 1. The summed E-state index contributed by atoms with van der Waals surface area (Å²) < 4.78 is 24.3. The lowest BCUT2D eigenvalue weighted by Gasteiger charge is -2.36. The number of anilines is 2. The normalized spacial score (nSPS) is 17.3. The van der Waals surface area contributed by atoms with E-state index in [1.165, 1.54) is 12.1 Å². The van der Waals surface area contributed by atoms with E-state index < -0.39 is 5.82 Å². The van der Waals surface area contributed by atoms with E-state index in [4.69, 9.17) is 9.47 Å². The van der Waals surface area contributed by atoms with Crippen molar-refractivity contribution in [2.75, 3.05) is 68.9 Å². The second-order valence-electron chi connectivity index (χ2n) is 6.96. The van der Waals surface area contributed by atoms with Crippen molar-refractivity contribution in [3.63, 3.8) is 0 Å². The Morgan fingerprint density at radius 2 is 1.83 bits per heavy atom. The van der Waals surface area contributed by atoms with E-state index in [-0.39, 0.29) is 18.3 Å². The number of benzene rings is 1. The molecular weight excluding hydrogens is 377 g/mol. The average molecular weight is 401 g/mol. The molecule has 0 aliphatic carbocycles. The Hall–Kier alpha value is -2.94. The van der Waals surface area contributed by atoms with Gasteiger partial charge in [-0.15, -0.1) is 5.10 Å². The van der Waals surface area contributed by atoms with Crippen molar-refractivity contribution in [1.82, 2.24) is 15.1 Å². The molecular formula is C20H24FN5O3. The lowest BCUT2D eigenvalue weighted by atomic mass is 10.2. The molecule has 0 radical (unpaired) electrons. The topological polar surface area (TPSA) is 71.0 Å². The van der Waals surface area contributed by atoms with Crippen LogP contribution in [0.2, 0.25) is 0 Å². The first-order valence-electron chi connectivity index (χ1n) is 9.76. The van der Waals surface area contributed by atoms with Crippen LogP contribution in [0.3, 0.4) is 0 Å². The number of amides is 1. The van der Waals surface area contributed by atoms with Crippen LogP contribution in [0.1, 0.15) is 0 Å². The van der Waals surface area contributed by atoms with Gasteiger partial charge in [0.2, 0.25) is 0 Å². The highest BCUT2D eigenvalue weighted by Gasteiger charge is 2.23. The molecule has 3 heterocycles. The van der Waals surface area contributed by atoms with E-state index in [2.05, 4.69) is 20.0 Å². The number of rotatable bonds is 5. The van der Waals surface area contributed by atoms with E-state index in [0.717, 1.165) is 24.6 Å². The number of hydrogen-bond acceptors (Lipinski definition) is 7. The van der Waals surface area contributed by atoms with Crippen LogP contribution < -0.4 is 14.5 Å². The molecule has 2 aliphatic heterocycles. The smallest absolute Gasteiger partial charge is 0.260 e. The fourth-order valence-electron chi connectivity index (χ4n) is 3.47. The van der Waals surface area contributed by atoms with Crippen molar-refractivity contribution in [3.8, 4) is 5.75 Å². The van der Waals surface area contributed by atoms with Gasteiger partial charge >= 0.3 is 0 Å². The molecule has 9 heteroatoms. The molecule has 29 heavy (non-hydrogen) atoms. The maximum absolute atomic E-state index is 13.6. The molecule has 0 unspecified atom stereocenters. The highest BCUT2D eigenvalue weighted by Crippen LogP contribution is 2.21. The van der Waals surface area contributed by atoms with Crippen molar-refractivity contribution in [3.05, 3.63) is 42.3 Å². The summed E-state index contributed by atoms with van der Waals surface area (Å²) >= 11 is 0.